The van der Waals surface area contributed by atoms with Gasteiger partial charge in [0.15, 0.2) is 0 Å². The van der Waals surface area contributed by atoms with E-state index in [1.807, 2.05) is 0 Å². The van der Waals surface area contributed by atoms with Crippen LogP contribution in [0.25, 0.3) is 0 Å². The number of cyclic esters (lactones) is 1. The Morgan fingerprint density at radius 3 is 2.58 bits per heavy atom. The number of carbonyl (C=O) groups excluding carboxylic acids is 1. The van der Waals surface area contributed by atoms with Gasteiger partial charge in [0.05, 0.1) is 18.7 Å². The third-order valence-electron chi connectivity index (χ3n) is 2.61. The normalized spacial score (nSPS) is 18.3. The number of benzene rings is 1. The van der Waals surface area contributed by atoms with Crippen LogP contribution in [-0.4, -0.2) is 19.8 Å². The van der Waals surface area contributed by atoms with Gasteiger partial charge < -0.3 is 14.8 Å². The van der Waals surface area contributed by atoms with Crippen molar-refractivity contribution in [3.63, 3.8) is 0 Å². The molecule has 4 nitrogen and oxygen atoms in total. The Kier molecular flexibility index (Phi) is 4.52. The number of carbonyl (C=O) groups is 1. The molecule has 0 bridgehead atoms. The molecule has 1 fully saturated rings. The maximum absolute atomic E-state index is 12.9. The summed E-state index contributed by atoms with van der Waals surface area (Å²) in [5, 5.41) is 2.32. The Balaban J connectivity index is 0.00000180. The zero-order valence-electron chi connectivity index (χ0n) is 9.78. The molecule has 1 aliphatic rings. The SMILES string of the molecule is COc1ccc([C@@H]2COC(=O)N2)c(C(F)(F)F)c1.Cl. The van der Waals surface area contributed by atoms with Crippen molar-refractivity contribution in [3.05, 3.63) is 29.3 Å². The lowest BCUT2D eigenvalue weighted by atomic mass is 10.0. The Bertz CT molecular complexity index is 479. The fraction of sp³-hybridized carbons (Fsp3) is 0.364. The van der Waals surface area contributed by atoms with Gasteiger partial charge in [0, 0.05) is 0 Å². The fourth-order valence-corrected chi connectivity index (χ4v) is 1.76. The summed E-state index contributed by atoms with van der Waals surface area (Å²) in [4.78, 5) is 10.9. The summed E-state index contributed by atoms with van der Waals surface area (Å²) < 4.78 is 48.1. The maximum Gasteiger partial charge on any atom is 0.416 e. The van der Waals surface area contributed by atoms with E-state index in [0.29, 0.717) is 0 Å². The van der Waals surface area contributed by atoms with Crippen molar-refractivity contribution in [1.29, 1.82) is 0 Å². The molecule has 1 saturated heterocycles. The average molecular weight is 298 g/mol. The summed E-state index contributed by atoms with van der Waals surface area (Å²) in [6.07, 6.45) is -5.24. The highest BCUT2D eigenvalue weighted by Crippen LogP contribution is 2.37. The highest BCUT2D eigenvalue weighted by Gasteiger charge is 2.37. The van der Waals surface area contributed by atoms with Gasteiger partial charge >= 0.3 is 12.3 Å². The van der Waals surface area contributed by atoms with Crippen molar-refractivity contribution >= 4 is 18.5 Å². The van der Waals surface area contributed by atoms with Crippen molar-refractivity contribution in [3.8, 4) is 5.75 Å². The summed E-state index contributed by atoms with van der Waals surface area (Å²) in [5.74, 6) is 0.108. The smallest absolute Gasteiger partial charge is 0.416 e. The number of amides is 1. The number of halogens is 4. The number of hydrogen-bond acceptors (Lipinski definition) is 3. The molecule has 2 rings (SSSR count). The Hall–Kier alpha value is -1.63. The van der Waals surface area contributed by atoms with Crippen molar-refractivity contribution in [2.75, 3.05) is 13.7 Å². The van der Waals surface area contributed by atoms with E-state index in [4.69, 9.17) is 4.74 Å². The second-order valence-electron chi connectivity index (χ2n) is 3.75. The number of methoxy groups -OCH3 is 1. The third kappa shape index (κ3) is 3.23. The molecule has 1 aromatic carbocycles. The molecule has 1 aliphatic heterocycles. The van der Waals surface area contributed by atoms with E-state index in [1.54, 1.807) is 0 Å². The van der Waals surface area contributed by atoms with Crippen LogP contribution in [0, 0.1) is 0 Å². The van der Waals surface area contributed by atoms with E-state index in [-0.39, 0.29) is 30.3 Å². The van der Waals surface area contributed by atoms with Crippen molar-refractivity contribution in [2.45, 2.75) is 12.2 Å². The Morgan fingerprint density at radius 2 is 2.11 bits per heavy atom. The van der Waals surface area contributed by atoms with Gasteiger partial charge in [-0.25, -0.2) is 4.79 Å². The van der Waals surface area contributed by atoms with E-state index in [9.17, 15) is 18.0 Å². The van der Waals surface area contributed by atoms with Gasteiger partial charge in [0.25, 0.3) is 0 Å². The molecule has 0 aliphatic carbocycles. The lowest BCUT2D eigenvalue weighted by Crippen LogP contribution is -2.22. The molecule has 1 heterocycles. The molecule has 0 saturated carbocycles. The van der Waals surface area contributed by atoms with Crippen LogP contribution in [-0.2, 0) is 10.9 Å². The second-order valence-corrected chi connectivity index (χ2v) is 3.75. The quantitative estimate of drug-likeness (QED) is 0.913. The minimum Gasteiger partial charge on any atom is -0.497 e. The monoisotopic (exact) mass is 297 g/mol. The van der Waals surface area contributed by atoms with Crippen LogP contribution in [0.4, 0.5) is 18.0 Å². The summed E-state index contributed by atoms with van der Waals surface area (Å²) in [6.45, 7) is -0.117. The topological polar surface area (TPSA) is 47.6 Å². The average Bonchev–Trinajstić information content (AvgIpc) is 2.74. The molecule has 0 aromatic heterocycles. The Labute approximate surface area is 113 Å². The molecule has 19 heavy (non-hydrogen) atoms. The first-order valence-corrected chi connectivity index (χ1v) is 5.10. The molecule has 0 unspecified atom stereocenters. The van der Waals surface area contributed by atoms with Crippen LogP contribution in [0.5, 0.6) is 5.75 Å². The van der Waals surface area contributed by atoms with E-state index >= 15 is 0 Å². The predicted octanol–water partition coefficient (Wildman–Crippen LogP) is 2.92. The number of nitrogens with one attached hydrogen (secondary N) is 1. The first-order chi connectivity index (χ1) is 8.41. The summed E-state index contributed by atoms with van der Waals surface area (Å²) >= 11 is 0. The predicted molar refractivity (Wildman–Crippen MR) is 62.5 cm³/mol. The third-order valence-corrected chi connectivity index (χ3v) is 2.61. The molecular weight excluding hydrogens is 287 g/mol. The molecule has 1 N–H and O–H groups in total. The van der Waals surface area contributed by atoms with Crippen LogP contribution < -0.4 is 10.1 Å². The molecule has 0 radical (unpaired) electrons. The van der Waals surface area contributed by atoms with Crippen LogP contribution in [0.15, 0.2) is 18.2 Å². The number of hydrogen-bond donors (Lipinski definition) is 1. The van der Waals surface area contributed by atoms with Gasteiger partial charge in [-0.2, -0.15) is 13.2 Å². The first-order valence-electron chi connectivity index (χ1n) is 5.10. The molecule has 1 atom stereocenters. The highest BCUT2D eigenvalue weighted by molar-refractivity contribution is 5.85. The zero-order valence-corrected chi connectivity index (χ0v) is 10.6. The summed E-state index contributed by atoms with van der Waals surface area (Å²) in [6, 6.07) is 2.80. The van der Waals surface area contributed by atoms with Crippen LogP contribution in [0.3, 0.4) is 0 Å². The fourth-order valence-electron chi connectivity index (χ4n) is 1.76. The molecule has 106 valence electrons. The molecule has 1 amide bonds. The Morgan fingerprint density at radius 1 is 1.42 bits per heavy atom. The zero-order chi connectivity index (χ0) is 13.3. The number of alkyl halides is 3. The minimum atomic E-state index is -4.52. The van der Waals surface area contributed by atoms with E-state index < -0.39 is 23.9 Å². The van der Waals surface area contributed by atoms with Crippen molar-refractivity contribution in [2.24, 2.45) is 0 Å². The van der Waals surface area contributed by atoms with E-state index in [2.05, 4.69) is 10.1 Å². The standard InChI is InChI=1S/C11H10F3NO3.ClH/c1-17-6-2-3-7(8(4-6)11(12,13)14)9-5-18-10(16)15-9;/h2-4,9H,5H2,1H3,(H,15,16);1H/t9-;/m0./s1. The minimum absolute atomic E-state index is 0. The van der Waals surface area contributed by atoms with Gasteiger partial charge in [0.1, 0.15) is 12.4 Å². The number of rotatable bonds is 2. The van der Waals surface area contributed by atoms with Crippen LogP contribution in [0.1, 0.15) is 17.2 Å². The maximum atomic E-state index is 12.9. The van der Waals surface area contributed by atoms with Gasteiger partial charge in [-0.15, -0.1) is 12.4 Å². The van der Waals surface area contributed by atoms with Crippen LogP contribution >= 0.6 is 12.4 Å². The number of ether oxygens (including phenoxy) is 2. The van der Waals surface area contributed by atoms with Crippen LogP contribution in [0.2, 0.25) is 0 Å². The van der Waals surface area contributed by atoms with Crippen molar-refractivity contribution in [1.82, 2.24) is 5.32 Å². The van der Waals surface area contributed by atoms with Gasteiger partial charge in [0.2, 0.25) is 0 Å². The van der Waals surface area contributed by atoms with Crippen molar-refractivity contribution < 1.29 is 27.4 Å². The first kappa shape index (κ1) is 15.4. The molecular formula is C11H11ClF3NO3. The number of alkyl carbamates (subject to hydrolysis) is 1. The lowest BCUT2D eigenvalue weighted by Gasteiger charge is -2.17. The van der Waals surface area contributed by atoms with E-state index in [1.165, 1.54) is 19.2 Å². The second kappa shape index (κ2) is 5.56. The van der Waals surface area contributed by atoms with E-state index in [0.717, 1.165) is 6.07 Å². The summed E-state index contributed by atoms with van der Waals surface area (Å²) in [7, 11) is 1.29. The molecule has 1 aromatic rings. The van der Waals surface area contributed by atoms with Gasteiger partial charge in [-0.3, -0.25) is 0 Å². The summed E-state index contributed by atoms with van der Waals surface area (Å²) in [5.41, 5.74) is -0.869. The molecule has 0 spiro atoms. The van der Waals surface area contributed by atoms with Gasteiger partial charge in [-0.1, -0.05) is 6.07 Å². The molecule has 8 heteroatoms. The highest BCUT2D eigenvalue weighted by atomic mass is 35.5. The largest absolute Gasteiger partial charge is 0.497 e. The lowest BCUT2D eigenvalue weighted by molar-refractivity contribution is -0.138. The van der Waals surface area contributed by atoms with Gasteiger partial charge in [-0.05, 0) is 17.7 Å².